The molecule has 0 N–H and O–H groups in total. The van der Waals surface area contributed by atoms with E-state index in [-0.39, 0.29) is 0 Å². The molecule has 0 saturated heterocycles. The minimum Gasteiger partial charge on any atom is -0.497 e. The van der Waals surface area contributed by atoms with E-state index in [1.807, 2.05) is 6.07 Å². The van der Waals surface area contributed by atoms with E-state index < -0.39 is 0 Å². The van der Waals surface area contributed by atoms with Crippen LogP contribution in [0.1, 0.15) is 44.1 Å². The molecule has 1 aromatic carbocycles. The van der Waals surface area contributed by atoms with Crippen LogP contribution >= 0.6 is 0 Å². The molecule has 0 aliphatic carbocycles. The summed E-state index contributed by atoms with van der Waals surface area (Å²) in [5.74, 6) is 1.70. The smallest absolute Gasteiger partial charge is 0.122 e. The van der Waals surface area contributed by atoms with Crippen LogP contribution in [0.4, 0.5) is 0 Å². The molecular weight excluding hydrogens is 238 g/mol. The van der Waals surface area contributed by atoms with Crippen molar-refractivity contribution in [2.45, 2.75) is 44.9 Å². The van der Waals surface area contributed by atoms with Gasteiger partial charge in [0.2, 0.25) is 0 Å². The largest absolute Gasteiger partial charge is 0.497 e. The van der Waals surface area contributed by atoms with Gasteiger partial charge in [0.25, 0.3) is 0 Å². The number of aryl methyl sites for hydroxylation is 1. The SMILES string of the molecule is COc1cc(CCCCCCCC#N)cc(OC)c1. The molecule has 1 rings (SSSR count). The molecule has 0 radical (unpaired) electrons. The van der Waals surface area contributed by atoms with E-state index in [1.165, 1.54) is 24.8 Å². The van der Waals surface area contributed by atoms with Crippen LogP contribution in [0.2, 0.25) is 0 Å². The maximum Gasteiger partial charge on any atom is 0.122 e. The fraction of sp³-hybridized carbons (Fsp3) is 0.562. The summed E-state index contributed by atoms with van der Waals surface area (Å²) in [6.07, 6.45) is 7.52. The Balaban J connectivity index is 2.30. The minimum atomic E-state index is 0.688. The summed E-state index contributed by atoms with van der Waals surface area (Å²) >= 11 is 0. The fourth-order valence-corrected chi connectivity index (χ4v) is 2.07. The molecule has 0 unspecified atom stereocenters. The maximum absolute atomic E-state index is 8.44. The molecule has 0 fully saturated rings. The number of nitriles is 1. The number of rotatable bonds is 9. The zero-order valence-electron chi connectivity index (χ0n) is 11.9. The van der Waals surface area contributed by atoms with Crippen molar-refractivity contribution in [3.63, 3.8) is 0 Å². The van der Waals surface area contributed by atoms with Gasteiger partial charge in [0.15, 0.2) is 0 Å². The Morgan fingerprint density at radius 1 is 0.895 bits per heavy atom. The number of hydrogen-bond acceptors (Lipinski definition) is 3. The molecule has 0 spiro atoms. The average molecular weight is 261 g/mol. The Labute approximate surface area is 116 Å². The van der Waals surface area contributed by atoms with Crippen molar-refractivity contribution in [2.75, 3.05) is 14.2 Å². The van der Waals surface area contributed by atoms with Crippen LogP contribution in [0, 0.1) is 11.3 Å². The lowest BCUT2D eigenvalue weighted by Crippen LogP contribution is -1.92. The lowest BCUT2D eigenvalue weighted by Gasteiger charge is -2.08. The van der Waals surface area contributed by atoms with E-state index in [4.69, 9.17) is 14.7 Å². The normalized spacial score (nSPS) is 9.95. The Bertz CT molecular complexity index is 387. The van der Waals surface area contributed by atoms with Gasteiger partial charge in [-0.3, -0.25) is 0 Å². The number of benzene rings is 1. The third-order valence-electron chi connectivity index (χ3n) is 3.17. The highest BCUT2D eigenvalue weighted by Crippen LogP contribution is 2.23. The summed E-state index contributed by atoms with van der Waals surface area (Å²) in [5.41, 5.74) is 1.26. The summed E-state index contributed by atoms with van der Waals surface area (Å²) in [5, 5.41) is 8.44. The van der Waals surface area contributed by atoms with Crippen molar-refractivity contribution in [1.82, 2.24) is 0 Å². The van der Waals surface area contributed by atoms with Gasteiger partial charge in [0, 0.05) is 12.5 Å². The molecule has 0 aromatic heterocycles. The molecule has 3 nitrogen and oxygen atoms in total. The Morgan fingerprint density at radius 3 is 2.05 bits per heavy atom. The number of methoxy groups -OCH3 is 2. The van der Waals surface area contributed by atoms with Crippen molar-refractivity contribution < 1.29 is 9.47 Å². The molecule has 0 atom stereocenters. The van der Waals surface area contributed by atoms with Crippen molar-refractivity contribution in [3.05, 3.63) is 23.8 Å². The van der Waals surface area contributed by atoms with E-state index in [0.29, 0.717) is 6.42 Å². The fourth-order valence-electron chi connectivity index (χ4n) is 2.07. The predicted octanol–water partition coefficient (Wildman–Crippen LogP) is 4.11. The Hall–Kier alpha value is -1.69. The molecule has 0 aliphatic heterocycles. The number of ether oxygens (including phenoxy) is 2. The van der Waals surface area contributed by atoms with Crippen LogP contribution in [0.5, 0.6) is 11.5 Å². The summed E-state index contributed by atoms with van der Waals surface area (Å²) < 4.78 is 10.5. The highest BCUT2D eigenvalue weighted by atomic mass is 16.5. The van der Waals surface area contributed by atoms with Gasteiger partial charge < -0.3 is 9.47 Å². The van der Waals surface area contributed by atoms with Crippen molar-refractivity contribution in [1.29, 1.82) is 5.26 Å². The summed E-state index contributed by atoms with van der Waals surface area (Å²) in [4.78, 5) is 0. The summed E-state index contributed by atoms with van der Waals surface area (Å²) in [7, 11) is 3.35. The van der Waals surface area contributed by atoms with E-state index >= 15 is 0 Å². The molecular formula is C16H23NO2. The second-order valence-corrected chi connectivity index (χ2v) is 4.65. The first kappa shape index (κ1) is 15.4. The van der Waals surface area contributed by atoms with E-state index in [9.17, 15) is 0 Å². The first-order valence-electron chi connectivity index (χ1n) is 6.89. The third-order valence-corrected chi connectivity index (χ3v) is 3.17. The second kappa shape index (κ2) is 9.27. The van der Waals surface area contributed by atoms with Gasteiger partial charge in [0.1, 0.15) is 11.5 Å². The number of nitrogens with zero attached hydrogens (tertiary/aromatic N) is 1. The number of unbranched alkanes of at least 4 members (excludes halogenated alkanes) is 5. The van der Waals surface area contributed by atoms with Crippen LogP contribution in [-0.2, 0) is 6.42 Å². The Morgan fingerprint density at radius 2 is 1.47 bits per heavy atom. The van der Waals surface area contributed by atoms with Gasteiger partial charge in [-0.25, -0.2) is 0 Å². The van der Waals surface area contributed by atoms with E-state index in [2.05, 4.69) is 18.2 Å². The second-order valence-electron chi connectivity index (χ2n) is 4.65. The topological polar surface area (TPSA) is 42.2 Å². The van der Waals surface area contributed by atoms with Crippen LogP contribution in [0.15, 0.2) is 18.2 Å². The van der Waals surface area contributed by atoms with Crippen molar-refractivity contribution >= 4 is 0 Å². The monoisotopic (exact) mass is 261 g/mol. The molecule has 0 heterocycles. The zero-order chi connectivity index (χ0) is 13.9. The Kier molecular flexibility index (Phi) is 7.50. The van der Waals surface area contributed by atoms with Crippen molar-refractivity contribution in [2.24, 2.45) is 0 Å². The van der Waals surface area contributed by atoms with Crippen LogP contribution in [0.25, 0.3) is 0 Å². The lowest BCUT2D eigenvalue weighted by molar-refractivity contribution is 0.393. The summed E-state index contributed by atoms with van der Waals surface area (Å²) in [6.45, 7) is 0. The molecule has 0 saturated carbocycles. The van der Waals surface area contributed by atoms with Crippen LogP contribution < -0.4 is 9.47 Å². The molecule has 3 heteroatoms. The van der Waals surface area contributed by atoms with E-state index in [0.717, 1.165) is 30.8 Å². The minimum absolute atomic E-state index is 0.688. The maximum atomic E-state index is 8.44. The van der Waals surface area contributed by atoms with Gasteiger partial charge in [0.05, 0.1) is 20.3 Å². The first-order chi connectivity index (χ1) is 9.30. The van der Waals surface area contributed by atoms with Gasteiger partial charge in [-0.2, -0.15) is 5.26 Å². The van der Waals surface area contributed by atoms with Gasteiger partial charge in [-0.1, -0.05) is 19.3 Å². The molecule has 0 amide bonds. The van der Waals surface area contributed by atoms with E-state index in [1.54, 1.807) is 14.2 Å². The highest BCUT2D eigenvalue weighted by molar-refractivity contribution is 5.38. The van der Waals surface area contributed by atoms with Gasteiger partial charge >= 0.3 is 0 Å². The standard InChI is InChI=1S/C16H23NO2/c1-18-15-11-14(12-16(13-15)19-2)9-7-5-3-4-6-8-10-17/h11-13H,3-9H2,1-2H3. The van der Waals surface area contributed by atoms with Crippen molar-refractivity contribution in [3.8, 4) is 17.6 Å². The quantitative estimate of drug-likeness (QED) is 0.628. The predicted molar refractivity (Wildman–Crippen MR) is 76.6 cm³/mol. The third kappa shape index (κ3) is 6.15. The molecule has 104 valence electrons. The highest BCUT2D eigenvalue weighted by Gasteiger charge is 2.01. The van der Waals surface area contributed by atoms with Crippen LogP contribution in [-0.4, -0.2) is 14.2 Å². The lowest BCUT2D eigenvalue weighted by atomic mass is 10.0. The molecule has 19 heavy (non-hydrogen) atoms. The van der Waals surface area contributed by atoms with Gasteiger partial charge in [-0.15, -0.1) is 0 Å². The summed E-state index contributed by atoms with van der Waals surface area (Å²) in [6, 6.07) is 8.21. The molecule has 1 aromatic rings. The first-order valence-corrected chi connectivity index (χ1v) is 6.89. The van der Waals surface area contributed by atoms with Gasteiger partial charge in [-0.05, 0) is 37.0 Å². The molecule has 0 bridgehead atoms. The zero-order valence-corrected chi connectivity index (χ0v) is 11.9. The average Bonchev–Trinajstić information content (AvgIpc) is 2.45. The number of hydrogen-bond donors (Lipinski definition) is 0. The molecule has 0 aliphatic rings. The van der Waals surface area contributed by atoms with Crippen LogP contribution in [0.3, 0.4) is 0 Å².